The lowest BCUT2D eigenvalue weighted by molar-refractivity contribution is -0.0241. The predicted octanol–water partition coefficient (Wildman–Crippen LogP) is 5.37. The highest BCUT2D eigenvalue weighted by Crippen LogP contribution is 2.36. The molecule has 0 saturated carbocycles. The van der Waals surface area contributed by atoms with Crippen molar-refractivity contribution in [3.05, 3.63) is 0 Å². The normalized spacial score (nSPS) is 17.5. The van der Waals surface area contributed by atoms with Gasteiger partial charge in [-0.25, -0.2) is 0 Å². The molecule has 3 heteroatoms. The summed E-state index contributed by atoms with van der Waals surface area (Å²) < 4.78 is 12.9. The molecule has 2 atom stereocenters. The fraction of sp³-hybridized carbons (Fsp3) is 1.00. The summed E-state index contributed by atoms with van der Waals surface area (Å²) in [5, 5.41) is 0. The summed E-state index contributed by atoms with van der Waals surface area (Å²) in [4.78, 5) is 0. The average molecular weight is 289 g/mol. The standard InChI is InChI=1S/C16H36O2Si/c1-9-15(7)16(8,13-14(5)6)18-19(11-3,12-4)17-10-2/h14-15H,9-13H2,1-8H3. The lowest BCUT2D eigenvalue weighted by Gasteiger charge is -2.44. The van der Waals surface area contributed by atoms with Crippen LogP contribution < -0.4 is 0 Å². The summed E-state index contributed by atoms with van der Waals surface area (Å²) in [5.74, 6) is 1.22. The number of hydrogen-bond acceptors (Lipinski definition) is 2. The molecule has 2 unspecified atom stereocenters. The zero-order valence-corrected chi connectivity index (χ0v) is 15.5. The second kappa shape index (κ2) is 8.43. The van der Waals surface area contributed by atoms with Crippen molar-refractivity contribution in [3.8, 4) is 0 Å². The van der Waals surface area contributed by atoms with Crippen LogP contribution in [0.1, 0.15) is 68.2 Å². The van der Waals surface area contributed by atoms with Crippen molar-refractivity contribution in [1.29, 1.82) is 0 Å². The van der Waals surface area contributed by atoms with Gasteiger partial charge in [0.1, 0.15) is 0 Å². The minimum atomic E-state index is -2.02. The topological polar surface area (TPSA) is 18.5 Å². The Morgan fingerprint density at radius 3 is 1.84 bits per heavy atom. The molecule has 0 aromatic rings. The molecule has 2 nitrogen and oxygen atoms in total. The first-order valence-corrected chi connectivity index (χ1v) is 10.4. The molecule has 0 saturated heterocycles. The smallest absolute Gasteiger partial charge is 0.338 e. The molecule has 0 spiro atoms. The number of hydrogen-bond donors (Lipinski definition) is 0. The van der Waals surface area contributed by atoms with Gasteiger partial charge in [-0.3, -0.25) is 0 Å². The SMILES string of the molecule is CCO[Si](CC)(CC)OC(C)(CC(C)C)C(C)CC. The minimum absolute atomic E-state index is 0.0453. The van der Waals surface area contributed by atoms with Crippen LogP contribution in [0.25, 0.3) is 0 Å². The quantitative estimate of drug-likeness (QED) is 0.503. The first kappa shape index (κ1) is 19.1. The molecule has 0 aliphatic carbocycles. The van der Waals surface area contributed by atoms with Gasteiger partial charge in [-0.1, -0.05) is 48.0 Å². The molecule has 19 heavy (non-hydrogen) atoms. The maximum Gasteiger partial charge on any atom is 0.338 e. The van der Waals surface area contributed by atoms with Crippen molar-refractivity contribution in [2.45, 2.75) is 85.9 Å². The maximum atomic E-state index is 6.74. The van der Waals surface area contributed by atoms with Crippen molar-refractivity contribution in [3.63, 3.8) is 0 Å². The average Bonchev–Trinajstić information content (AvgIpc) is 2.36. The third-order valence-corrected chi connectivity index (χ3v) is 8.18. The molecule has 0 aromatic heterocycles. The Kier molecular flexibility index (Phi) is 8.49. The van der Waals surface area contributed by atoms with E-state index in [4.69, 9.17) is 8.85 Å². The highest BCUT2D eigenvalue weighted by molar-refractivity contribution is 6.67. The summed E-state index contributed by atoms with van der Waals surface area (Å²) in [6, 6.07) is 2.09. The van der Waals surface area contributed by atoms with E-state index in [2.05, 4.69) is 55.4 Å². The number of rotatable bonds is 10. The fourth-order valence-electron chi connectivity index (χ4n) is 2.90. The van der Waals surface area contributed by atoms with Crippen LogP contribution in [0, 0.1) is 11.8 Å². The van der Waals surface area contributed by atoms with Crippen LogP contribution in [0.15, 0.2) is 0 Å². The van der Waals surface area contributed by atoms with E-state index in [1.54, 1.807) is 0 Å². The third-order valence-electron chi connectivity index (χ3n) is 4.37. The van der Waals surface area contributed by atoms with Gasteiger partial charge in [0.2, 0.25) is 0 Å². The van der Waals surface area contributed by atoms with Crippen LogP contribution in [0.4, 0.5) is 0 Å². The van der Waals surface area contributed by atoms with Gasteiger partial charge in [-0.15, -0.1) is 0 Å². The van der Waals surface area contributed by atoms with Gasteiger partial charge < -0.3 is 8.85 Å². The molecule has 0 aliphatic rings. The molecule has 0 N–H and O–H groups in total. The van der Waals surface area contributed by atoms with Gasteiger partial charge >= 0.3 is 8.56 Å². The Hall–Kier alpha value is 0.137. The molecule has 0 fully saturated rings. The second-order valence-corrected chi connectivity index (χ2v) is 10.1. The zero-order chi connectivity index (χ0) is 15.1. The van der Waals surface area contributed by atoms with E-state index in [0.29, 0.717) is 11.8 Å². The Bertz CT molecular complexity index is 239. The molecule has 0 heterocycles. The van der Waals surface area contributed by atoms with Crippen molar-refractivity contribution >= 4 is 8.56 Å². The van der Waals surface area contributed by atoms with Crippen LogP contribution in [-0.2, 0) is 8.85 Å². The predicted molar refractivity (Wildman–Crippen MR) is 86.7 cm³/mol. The van der Waals surface area contributed by atoms with Gasteiger partial charge in [0, 0.05) is 6.61 Å². The summed E-state index contributed by atoms with van der Waals surface area (Å²) in [7, 11) is -2.02. The van der Waals surface area contributed by atoms with Crippen molar-refractivity contribution in [1.82, 2.24) is 0 Å². The maximum absolute atomic E-state index is 6.74. The van der Waals surface area contributed by atoms with Crippen LogP contribution in [-0.4, -0.2) is 20.8 Å². The highest BCUT2D eigenvalue weighted by Gasteiger charge is 2.43. The minimum Gasteiger partial charge on any atom is -0.394 e. The van der Waals surface area contributed by atoms with E-state index in [-0.39, 0.29) is 5.60 Å². The molecule has 116 valence electrons. The van der Waals surface area contributed by atoms with E-state index >= 15 is 0 Å². The van der Waals surface area contributed by atoms with E-state index < -0.39 is 8.56 Å². The van der Waals surface area contributed by atoms with E-state index in [1.165, 1.54) is 0 Å². The lowest BCUT2D eigenvalue weighted by atomic mass is 9.82. The first-order valence-electron chi connectivity index (χ1n) is 8.13. The first-order chi connectivity index (χ1) is 8.79. The molecule has 0 aliphatic heterocycles. The van der Waals surface area contributed by atoms with Crippen molar-refractivity contribution in [2.24, 2.45) is 11.8 Å². The van der Waals surface area contributed by atoms with Crippen LogP contribution in [0.2, 0.25) is 12.1 Å². The summed E-state index contributed by atoms with van der Waals surface area (Å²) in [6.07, 6.45) is 2.27. The van der Waals surface area contributed by atoms with E-state index in [0.717, 1.165) is 31.5 Å². The largest absolute Gasteiger partial charge is 0.394 e. The van der Waals surface area contributed by atoms with E-state index in [1.807, 2.05) is 0 Å². The molecule has 0 rings (SSSR count). The van der Waals surface area contributed by atoms with Gasteiger partial charge in [-0.05, 0) is 44.2 Å². The van der Waals surface area contributed by atoms with Crippen LogP contribution in [0.5, 0.6) is 0 Å². The molecule has 0 radical (unpaired) electrons. The van der Waals surface area contributed by atoms with Gasteiger partial charge in [0.05, 0.1) is 5.60 Å². The van der Waals surface area contributed by atoms with Gasteiger partial charge in [0.25, 0.3) is 0 Å². The fourth-order valence-corrected chi connectivity index (χ4v) is 5.82. The zero-order valence-electron chi connectivity index (χ0n) is 14.5. The van der Waals surface area contributed by atoms with Gasteiger partial charge in [-0.2, -0.15) is 0 Å². The third kappa shape index (κ3) is 5.56. The Balaban J connectivity index is 5.15. The monoisotopic (exact) mass is 288 g/mol. The van der Waals surface area contributed by atoms with Crippen molar-refractivity contribution in [2.75, 3.05) is 6.61 Å². The lowest BCUT2D eigenvalue weighted by Crippen LogP contribution is -2.52. The summed E-state index contributed by atoms with van der Waals surface area (Å²) >= 11 is 0. The molecule has 0 amide bonds. The van der Waals surface area contributed by atoms with Crippen LogP contribution >= 0.6 is 0 Å². The van der Waals surface area contributed by atoms with Crippen LogP contribution in [0.3, 0.4) is 0 Å². The Morgan fingerprint density at radius 2 is 1.53 bits per heavy atom. The Morgan fingerprint density at radius 1 is 1.00 bits per heavy atom. The molecular weight excluding hydrogens is 252 g/mol. The second-order valence-electron chi connectivity index (χ2n) is 6.37. The summed E-state index contributed by atoms with van der Waals surface area (Å²) in [6.45, 7) is 18.7. The molecule has 0 bridgehead atoms. The molecular formula is C16H36O2Si. The van der Waals surface area contributed by atoms with Gasteiger partial charge in [0.15, 0.2) is 0 Å². The summed E-state index contributed by atoms with van der Waals surface area (Å²) in [5.41, 5.74) is -0.0453. The van der Waals surface area contributed by atoms with E-state index in [9.17, 15) is 0 Å². The Labute approximate surface area is 122 Å². The highest BCUT2D eigenvalue weighted by atomic mass is 28.4. The van der Waals surface area contributed by atoms with Crippen molar-refractivity contribution < 1.29 is 8.85 Å². The molecule has 0 aromatic carbocycles.